The number of rotatable bonds is 14. The van der Waals surface area contributed by atoms with Gasteiger partial charge in [-0.2, -0.15) is 0 Å². The van der Waals surface area contributed by atoms with Gasteiger partial charge in [-0.3, -0.25) is 0 Å². The van der Waals surface area contributed by atoms with Crippen LogP contribution in [0.5, 0.6) is 40.2 Å². The summed E-state index contributed by atoms with van der Waals surface area (Å²) in [5.41, 5.74) is 1.36. The van der Waals surface area contributed by atoms with Crippen LogP contribution in [0, 0.1) is 0 Å². The van der Waals surface area contributed by atoms with Crippen molar-refractivity contribution in [3.05, 3.63) is 107 Å². The summed E-state index contributed by atoms with van der Waals surface area (Å²) in [6, 6.07) is 18.6. The zero-order valence-electron chi connectivity index (χ0n) is 25.8. The molecule has 0 amide bonds. The van der Waals surface area contributed by atoms with Gasteiger partial charge in [-0.25, -0.2) is 9.59 Å². The molecule has 2 atom stereocenters. The van der Waals surface area contributed by atoms with E-state index in [9.17, 15) is 30.0 Å². The zero-order valence-corrected chi connectivity index (χ0v) is 25.8. The van der Waals surface area contributed by atoms with Gasteiger partial charge in [-0.15, -0.1) is 0 Å². The number of carbonyl (C=O) groups is 2. The lowest BCUT2D eigenvalue weighted by atomic mass is 10.0. The molecule has 4 rings (SSSR count). The third kappa shape index (κ3) is 8.86. The second-order valence-electron chi connectivity index (χ2n) is 9.98. The first-order chi connectivity index (χ1) is 22.6. The summed E-state index contributed by atoms with van der Waals surface area (Å²) in [5.74, 6) is -0.758. The Morgan fingerprint density at radius 3 is 1.77 bits per heavy atom. The molecule has 0 radical (unpaired) electrons. The fourth-order valence-corrected chi connectivity index (χ4v) is 4.37. The maximum Gasteiger partial charge on any atom is 0.338 e. The fourth-order valence-electron chi connectivity index (χ4n) is 4.37. The summed E-state index contributed by atoms with van der Waals surface area (Å²) in [4.78, 5) is 25.0. The van der Waals surface area contributed by atoms with Crippen molar-refractivity contribution in [2.24, 2.45) is 0 Å². The lowest BCUT2D eigenvalue weighted by Gasteiger charge is -2.26. The highest BCUT2D eigenvalue weighted by atomic mass is 16.6. The molecule has 0 heterocycles. The first-order valence-electron chi connectivity index (χ1n) is 14.2. The van der Waals surface area contributed by atoms with Crippen LogP contribution >= 0.6 is 0 Å². The second kappa shape index (κ2) is 15.9. The first kappa shape index (κ1) is 34.0. The van der Waals surface area contributed by atoms with E-state index < -0.39 is 30.8 Å². The molecular formula is C35H34O12. The van der Waals surface area contributed by atoms with Gasteiger partial charge in [0.05, 0.1) is 32.5 Å². The quantitative estimate of drug-likeness (QED) is 0.135. The number of hydrogen-bond donors (Lipinski definition) is 4. The lowest BCUT2D eigenvalue weighted by molar-refractivity contribution is -0.0175. The van der Waals surface area contributed by atoms with Gasteiger partial charge in [0.25, 0.3) is 0 Å². The summed E-state index contributed by atoms with van der Waals surface area (Å²) in [7, 11) is 4.19. The zero-order chi connectivity index (χ0) is 33.9. The number of phenols is 3. The molecule has 246 valence electrons. The predicted octanol–water partition coefficient (Wildman–Crippen LogP) is 5.04. The van der Waals surface area contributed by atoms with E-state index in [1.54, 1.807) is 24.3 Å². The smallest absolute Gasteiger partial charge is 0.338 e. The third-order valence-electron chi connectivity index (χ3n) is 6.86. The number of benzene rings is 4. The number of carbonyl (C=O) groups excluding carboxylic acids is 2. The minimum Gasteiger partial charge on any atom is -0.508 e. The number of aromatic hydroxyl groups is 3. The van der Waals surface area contributed by atoms with E-state index in [0.29, 0.717) is 11.1 Å². The molecule has 4 N–H and O–H groups in total. The number of ether oxygens (including phenoxy) is 6. The molecule has 0 aliphatic rings. The van der Waals surface area contributed by atoms with Crippen molar-refractivity contribution in [2.45, 2.75) is 12.2 Å². The Balaban J connectivity index is 1.56. The summed E-state index contributed by atoms with van der Waals surface area (Å²) >= 11 is 0. The number of methoxy groups -OCH3 is 3. The van der Waals surface area contributed by atoms with E-state index in [1.807, 2.05) is 0 Å². The van der Waals surface area contributed by atoms with Crippen LogP contribution < -0.4 is 18.9 Å². The maximum absolute atomic E-state index is 12.8. The van der Waals surface area contributed by atoms with Gasteiger partial charge >= 0.3 is 11.9 Å². The first-order valence-corrected chi connectivity index (χ1v) is 14.2. The van der Waals surface area contributed by atoms with Crippen molar-refractivity contribution in [2.75, 3.05) is 34.5 Å². The molecule has 4 aromatic carbocycles. The van der Waals surface area contributed by atoms with Crippen LogP contribution in [-0.2, 0) is 9.47 Å². The van der Waals surface area contributed by atoms with Gasteiger partial charge in [-0.1, -0.05) is 12.1 Å². The molecule has 12 heteroatoms. The number of aliphatic hydroxyl groups is 1. The topological polar surface area (TPSA) is 170 Å². The standard InChI is InChI=1S/C35H34O12/c1-42-28-19-24(10-15-27(28)38)32(39)31(20-46-35(41)23-8-13-26(37)14-9-23)47-33-29(43-2)17-21(18-30(33)44-3)5-4-16-45-34(40)22-6-11-25(36)12-7-22/h4-15,17-19,31-32,36-39H,16,20H2,1-3H3/t31-,32+/m0/s1. The summed E-state index contributed by atoms with van der Waals surface area (Å²) in [6.07, 6.45) is 0.678. The summed E-state index contributed by atoms with van der Waals surface area (Å²) < 4.78 is 33.3. The summed E-state index contributed by atoms with van der Waals surface area (Å²) in [6.45, 7) is -0.468. The number of aliphatic hydroxyl groups excluding tert-OH is 1. The Morgan fingerprint density at radius 2 is 1.23 bits per heavy atom. The third-order valence-corrected chi connectivity index (χ3v) is 6.86. The monoisotopic (exact) mass is 646 g/mol. The molecule has 0 bridgehead atoms. The average Bonchev–Trinajstić information content (AvgIpc) is 3.08. The number of hydrogen-bond acceptors (Lipinski definition) is 12. The molecule has 0 fully saturated rings. The van der Waals surface area contributed by atoms with Gasteiger partial charge in [0, 0.05) is 0 Å². The highest BCUT2D eigenvalue weighted by Crippen LogP contribution is 2.41. The van der Waals surface area contributed by atoms with Crippen LogP contribution in [0.4, 0.5) is 0 Å². The van der Waals surface area contributed by atoms with Crippen molar-refractivity contribution in [3.8, 4) is 40.2 Å². The lowest BCUT2D eigenvalue weighted by Crippen LogP contribution is -2.32. The molecule has 4 aromatic rings. The SMILES string of the molecule is COc1cc([C@@H](O)[C@H](COC(=O)c2ccc(O)cc2)Oc2c(OC)cc(C=CCOC(=O)c3ccc(O)cc3)cc2OC)ccc1O. The minimum absolute atomic E-state index is 0.0213. The van der Waals surface area contributed by atoms with Crippen LogP contribution in [0.3, 0.4) is 0 Å². The van der Waals surface area contributed by atoms with E-state index in [1.165, 1.54) is 88.1 Å². The van der Waals surface area contributed by atoms with Gasteiger partial charge in [0.15, 0.2) is 29.1 Å². The van der Waals surface area contributed by atoms with Crippen molar-refractivity contribution in [1.82, 2.24) is 0 Å². The van der Waals surface area contributed by atoms with Gasteiger partial charge in [0.1, 0.15) is 30.8 Å². The van der Waals surface area contributed by atoms with Gasteiger partial charge < -0.3 is 48.8 Å². The van der Waals surface area contributed by atoms with E-state index in [0.717, 1.165) is 0 Å². The van der Waals surface area contributed by atoms with Crippen LogP contribution in [0.1, 0.15) is 37.9 Å². The molecule has 0 saturated carbocycles. The highest BCUT2D eigenvalue weighted by molar-refractivity contribution is 5.90. The van der Waals surface area contributed by atoms with Crippen molar-refractivity contribution in [1.29, 1.82) is 0 Å². The van der Waals surface area contributed by atoms with E-state index >= 15 is 0 Å². The van der Waals surface area contributed by atoms with Crippen molar-refractivity contribution in [3.63, 3.8) is 0 Å². The van der Waals surface area contributed by atoms with E-state index in [2.05, 4.69) is 0 Å². The average molecular weight is 647 g/mol. The summed E-state index contributed by atoms with van der Waals surface area (Å²) in [5, 5.41) is 40.4. The van der Waals surface area contributed by atoms with Gasteiger partial charge in [0.2, 0.25) is 5.75 Å². The molecular weight excluding hydrogens is 612 g/mol. The molecule has 0 unspecified atom stereocenters. The Labute approximate surface area is 270 Å². The van der Waals surface area contributed by atoms with Crippen LogP contribution in [0.25, 0.3) is 6.08 Å². The van der Waals surface area contributed by atoms with Crippen molar-refractivity contribution < 1.29 is 58.4 Å². The highest BCUT2D eigenvalue weighted by Gasteiger charge is 2.29. The predicted molar refractivity (Wildman–Crippen MR) is 169 cm³/mol. The van der Waals surface area contributed by atoms with Crippen molar-refractivity contribution >= 4 is 18.0 Å². The molecule has 47 heavy (non-hydrogen) atoms. The molecule has 0 saturated heterocycles. The van der Waals surface area contributed by atoms with E-state index in [-0.39, 0.29) is 58.0 Å². The van der Waals surface area contributed by atoms with Gasteiger partial charge in [-0.05, 0) is 90.0 Å². The number of phenolic OH excluding ortho intramolecular Hbond substituents is 3. The largest absolute Gasteiger partial charge is 0.508 e. The van der Waals surface area contributed by atoms with Crippen LogP contribution in [0.15, 0.2) is 84.9 Å². The van der Waals surface area contributed by atoms with Crippen LogP contribution in [0.2, 0.25) is 0 Å². The fraction of sp³-hybridized carbons (Fsp3) is 0.200. The molecule has 0 aliphatic heterocycles. The Bertz CT molecular complexity index is 1670. The Morgan fingerprint density at radius 1 is 0.702 bits per heavy atom. The molecule has 12 nitrogen and oxygen atoms in total. The second-order valence-corrected chi connectivity index (χ2v) is 9.98. The minimum atomic E-state index is -1.39. The molecule has 0 aliphatic carbocycles. The Hall–Kier alpha value is -5.88. The van der Waals surface area contributed by atoms with E-state index in [4.69, 9.17) is 28.4 Å². The molecule has 0 spiro atoms. The van der Waals surface area contributed by atoms with Crippen LogP contribution in [-0.4, -0.2) is 73.0 Å². The maximum atomic E-state index is 12.8. The molecule has 0 aromatic heterocycles. The normalized spacial score (nSPS) is 12.2. The number of esters is 2. The Kier molecular flexibility index (Phi) is 11.5.